The number of rotatable bonds is 1. The van der Waals surface area contributed by atoms with E-state index in [2.05, 4.69) is 9.97 Å². The fourth-order valence-electron chi connectivity index (χ4n) is 1.28. The molecule has 0 radical (unpaired) electrons. The first-order valence-corrected chi connectivity index (χ1v) is 6.11. The molecule has 3 N–H and O–H groups in total. The van der Waals surface area contributed by atoms with E-state index >= 15 is 0 Å². The lowest BCUT2D eigenvalue weighted by Crippen LogP contribution is -2.04. The van der Waals surface area contributed by atoms with Crippen LogP contribution in [0.2, 0.25) is 0 Å². The first-order chi connectivity index (χ1) is 8.68. The van der Waals surface area contributed by atoms with Gasteiger partial charge in [0.05, 0.1) is 16.6 Å². The van der Waals surface area contributed by atoms with Gasteiger partial charge in [0.1, 0.15) is 0 Å². The molecule has 2 aromatic rings. The molecule has 6 nitrogen and oxygen atoms in total. The number of aromatic amines is 1. The van der Waals surface area contributed by atoms with Gasteiger partial charge in [-0.25, -0.2) is 4.98 Å². The summed E-state index contributed by atoms with van der Waals surface area (Å²) in [6, 6.07) is 2.51. The number of aromatic nitrogens is 2. The number of imidazole rings is 1. The van der Waals surface area contributed by atoms with Crippen LogP contribution in [-0.4, -0.2) is 35.2 Å². The molecule has 0 saturated heterocycles. The van der Waals surface area contributed by atoms with Crippen molar-refractivity contribution in [1.82, 2.24) is 9.97 Å². The number of nitrogens with one attached hydrogen (secondary N) is 1. The van der Waals surface area contributed by atoms with Gasteiger partial charge in [0.2, 0.25) is 0 Å². The van der Waals surface area contributed by atoms with Crippen LogP contribution in [0.25, 0.3) is 11.0 Å². The number of H-pyrrole nitrogens is 1. The Labute approximate surface area is 105 Å². The summed E-state index contributed by atoms with van der Waals surface area (Å²) in [5, 5.41) is 6.21. The highest BCUT2D eigenvalue weighted by atomic mass is 32.2. The van der Waals surface area contributed by atoms with Gasteiger partial charge in [-0.15, -0.1) is 0 Å². The van der Waals surface area contributed by atoms with Crippen LogP contribution in [-0.2, 0) is 16.3 Å². The van der Waals surface area contributed by atoms with E-state index < -0.39 is 27.0 Å². The summed E-state index contributed by atoms with van der Waals surface area (Å²) in [4.78, 5) is 5.55. The van der Waals surface area contributed by atoms with Crippen molar-refractivity contribution in [3.05, 3.63) is 23.8 Å². The first-order valence-electron chi connectivity index (χ1n) is 4.67. The molecule has 0 saturated carbocycles. The molecular formula is C9H9F3N2O4S. The van der Waals surface area contributed by atoms with Gasteiger partial charge in [0.25, 0.3) is 5.16 Å². The van der Waals surface area contributed by atoms with E-state index in [0.717, 1.165) is 25.3 Å². The van der Waals surface area contributed by atoms with Crippen molar-refractivity contribution in [3.8, 4) is 0 Å². The third-order valence-corrected chi connectivity index (χ3v) is 2.71. The molecule has 1 aromatic carbocycles. The van der Waals surface area contributed by atoms with Crippen LogP contribution in [0, 0.1) is 0 Å². The van der Waals surface area contributed by atoms with E-state index in [1.165, 1.54) is 0 Å². The van der Waals surface area contributed by atoms with Gasteiger partial charge in [-0.2, -0.15) is 21.6 Å². The van der Waals surface area contributed by atoms with Crippen molar-refractivity contribution in [3.63, 3.8) is 0 Å². The Hall–Kier alpha value is -1.65. The maximum atomic E-state index is 12.4. The predicted molar refractivity (Wildman–Crippen MR) is 59.1 cm³/mol. The average molecular weight is 298 g/mol. The second kappa shape index (κ2) is 5.15. The summed E-state index contributed by atoms with van der Waals surface area (Å²) in [5.41, 5.74) is -1.03. The molecule has 19 heavy (non-hydrogen) atoms. The number of aliphatic hydroxyl groups excluding tert-OH is 1. The standard InChI is InChI=1S/C8H5F3N2O3S.CH4O/c9-8(10,11)4-1-2-5-6(3-4)13-7(12-5)17(14,15)16;1-2/h1-3H,(H,12,13)(H,14,15,16);2H,1H3. The molecule has 1 heterocycles. The maximum absolute atomic E-state index is 12.4. The van der Waals surface area contributed by atoms with Gasteiger partial charge < -0.3 is 10.1 Å². The normalized spacial score (nSPS) is 12.1. The Morgan fingerprint density at radius 3 is 2.32 bits per heavy atom. The molecule has 0 aliphatic carbocycles. The van der Waals surface area contributed by atoms with E-state index in [9.17, 15) is 21.6 Å². The van der Waals surface area contributed by atoms with Crippen molar-refractivity contribution in [2.45, 2.75) is 11.3 Å². The van der Waals surface area contributed by atoms with Crippen LogP contribution in [0.5, 0.6) is 0 Å². The zero-order valence-corrected chi connectivity index (χ0v) is 10.2. The fraction of sp³-hybridized carbons (Fsp3) is 0.222. The second-order valence-electron chi connectivity index (χ2n) is 3.25. The SMILES string of the molecule is CO.O=S(=O)(O)c1nc2ccc(C(F)(F)F)cc2[nH]1. The number of hydrogen-bond donors (Lipinski definition) is 3. The summed E-state index contributed by atoms with van der Waals surface area (Å²) in [6.07, 6.45) is -4.53. The van der Waals surface area contributed by atoms with Crippen molar-refractivity contribution >= 4 is 21.2 Å². The molecule has 2 rings (SSSR count). The van der Waals surface area contributed by atoms with Gasteiger partial charge in [0, 0.05) is 7.11 Å². The molecule has 10 heteroatoms. The Morgan fingerprint density at radius 1 is 1.26 bits per heavy atom. The first kappa shape index (κ1) is 15.4. The smallest absolute Gasteiger partial charge is 0.400 e. The number of hydrogen-bond acceptors (Lipinski definition) is 4. The Kier molecular flexibility index (Phi) is 4.18. The topological polar surface area (TPSA) is 103 Å². The van der Waals surface area contributed by atoms with Crippen molar-refractivity contribution in [1.29, 1.82) is 0 Å². The van der Waals surface area contributed by atoms with E-state index in [-0.39, 0.29) is 11.0 Å². The van der Waals surface area contributed by atoms with Crippen LogP contribution < -0.4 is 0 Å². The Morgan fingerprint density at radius 2 is 1.84 bits per heavy atom. The predicted octanol–water partition coefficient (Wildman–Crippen LogP) is 1.44. The lowest BCUT2D eigenvalue weighted by molar-refractivity contribution is -0.137. The van der Waals surface area contributed by atoms with Gasteiger partial charge >= 0.3 is 16.3 Å². The highest BCUT2D eigenvalue weighted by Gasteiger charge is 2.31. The number of benzene rings is 1. The van der Waals surface area contributed by atoms with Crippen molar-refractivity contribution in [2.75, 3.05) is 7.11 Å². The molecule has 106 valence electrons. The zero-order chi connectivity index (χ0) is 14.8. The van der Waals surface area contributed by atoms with Crippen LogP contribution in [0.15, 0.2) is 23.4 Å². The van der Waals surface area contributed by atoms with Gasteiger partial charge in [-0.3, -0.25) is 4.55 Å². The highest BCUT2D eigenvalue weighted by molar-refractivity contribution is 7.85. The lowest BCUT2D eigenvalue weighted by Gasteiger charge is -2.04. The molecule has 0 unspecified atom stereocenters. The molecule has 0 aliphatic rings. The third kappa shape index (κ3) is 3.43. The quantitative estimate of drug-likeness (QED) is 0.691. The second-order valence-corrected chi connectivity index (χ2v) is 4.58. The number of fused-ring (bicyclic) bond motifs is 1. The third-order valence-electron chi connectivity index (χ3n) is 2.03. The molecule has 0 spiro atoms. The summed E-state index contributed by atoms with van der Waals surface area (Å²) in [6.45, 7) is 0. The van der Waals surface area contributed by atoms with E-state index in [0.29, 0.717) is 0 Å². The van der Waals surface area contributed by atoms with E-state index in [1.54, 1.807) is 0 Å². The summed E-state index contributed by atoms with van der Waals surface area (Å²) in [5.74, 6) is 0. The molecule has 0 bridgehead atoms. The van der Waals surface area contributed by atoms with Crippen molar-refractivity contribution in [2.24, 2.45) is 0 Å². The molecule has 1 aromatic heterocycles. The fourth-order valence-corrected chi connectivity index (χ4v) is 1.74. The minimum atomic E-state index is -4.56. The summed E-state index contributed by atoms with van der Waals surface area (Å²) in [7, 11) is -3.56. The molecule has 0 amide bonds. The van der Waals surface area contributed by atoms with Gasteiger partial charge in [-0.1, -0.05) is 0 Å². The monoisotopic (exact) mass is 298 g/mol. The van der Waals surface area contributed by atoms with Crippen LogP contribution in [0.3, 0.4) is 0 Å². The zero-order valence-electron chi connectivity index (χ0n) is 9.43. The lowest BCUT2D eigenvalue weighted by atomic mass is 10.2. The van der Waals surface area contributed by atoms with E-state index in [4.69, 9.17) is 9.66 Å². The Bertz CT molecular complexity index is 678. The maximum Gasteiger partial charge on any atom is 0.416 e. The van der Waals surface area contributed by atoms with Crippen LogP contribution in [0.1, 0.15) is 5.56 Å². The van der Waals surface area contributed by atoms with Crippen molar-refractivity contribution < 1.29 is 31.2 Å². The van der Waals surface area contributed by atoms with Crippen LogP contribution in [0.4, 0.5) is 13.2 Å². The largest absolute Gasteiger partial charge is 0.416 e. The van der Waals surface area contributed by atoms with E-state index in [1.807, 2.05) is 0 Å². The summed E-state index contributed by atoms with van der Waals surface area (Å²) < 4.78 is 67.2. The highest BCUT2D eigenvalue weighted by Crippen LogP contribution is 2.31. The molecule has 0 fully saturated rings. The summed E-state index contributed by atoms with van der Waals surface area (Å²) >= 11 is 0. The number of aliphatic hydroxyl groups is 1. The average Bonchev–Trinajstić information content (AvgIpc) is 2.72. The molecular weight excluding hydrogens is 289 g/mol. The minimum Gasteiger partial charge on any atom is -0.400 e. The molecule has 0 aliphatic heterocycles. The van der Waals surface area contributed by atoms with Gasteiger partial charge in [0.15, 0.2) is 0 Å². The minimum absolute atomic E-state index is 0.0191. The molecule has 0 atom stereocenters. The number of nitrogens with zero attached hydrogens (tertiary/aromatic N) is 1. The number of alkyl halides is 3. The van der Waals surface area contributed by atoms with Gasteiger partial charge in [-0.05, 0) is 18.2 Å². The van der Waals surface area contributed by atoms with Crippen LogP contribution >= 0.6 is 0 Å². The number of halogens is 3. The Balaban J connectivity index is 0.000000861.